The number of aromatic nitrogens is 1. The van der Waals surface area contributed by atoms with Crippen molar-refractivity contribution in [3.05, 3.63) is 69.4 Å². The summed E-state index contributed by atoms with van der Waals surface area (Å²) in [5.41, 5.74) is 1.69. The number of hydrogen-bond acceptors (Lipinski definition) is 7. The van der Waals surface area contributed by atoms with Crippen LogP contribution in [0.1, 0.15) is 33.4 Å². The molecule has 1 aromatic heterocycles. The number of halogens is 2. The molecule has 0 aliphatic rings. The molecule has 0 unspecified atom stereocenters. The van der Waals surface area contributed by atoms with Crippen molar-refractivity contribution in [1.29, 1.82) is 0 Å². The average Bonchev–Trinajstić information content (AvgIpc) is 3.13. The molecule has 0 fully saturated rings. The summed E-state index contributed by atoms with van der Waals surface area (Å²) in [6, 6.07) is 11.2. The standard InChI is InChI=1S/C22H18Cl2N2O5S/c1-3-30-21(28)13-7-9-14(10-8-13)25-17(27)11-32-22(29)18-12(2)31-26-20(18)19-15(23)5-4-6-16(19)24/h4-10H,3,11H2,1-2H3,(H,25,27). The van der Waals surface area contributed by atoms with Gasteiger partial charge < -0.3 is 14.6 Å². The lowest BCUT2D eigenvalue weighted by Crippen LogP contribution is -2.15. The molecule has 0 saturated carbocycles. The highest BCUT2D eigenvalue weighted by molar-refractivity contribution is 8.14. The van der Waals surface area contributed by atoms with Crippen molar-refractivity contribution in [3.8, 4) is 11.3 Å². The zero-order valence-corrected chi connectivity index (χ0v) is 19.4. The van der Waals surface area contributed by atoms with E-state index in [0.717, 1.165) is 11.8 Å². The van der Waals surface area contributed by atoms with Crippen LogP contribution in [0.4, 0.5) is 5.69 Å². The zero-order valence-electron chi connectivity index (χ0n) is 17.1. The molecule has 10 heteroatoms. The summed E-state index contributed by atoms with van der Waals surface area (Å²) in [5, 5.41) is 6.87. The molecule has 0 saturated heterocycles. The Balaban J connectivity index is 1.66. The van der Waals surface area contributed by atoms with Crippen LogP contribution in [0.25, 0.3) is 11.3 Å². The fourth-order valence-electron chi connectivity index (χ4n) is 2.81. The maximum absolute atomic E-state index is 12.8. The van der Waals surface area contributed by atoms with Crippen molar-refractivity contribution >= 4 is 57.6 Å². The predicted octanol–water partition coefficient (Wildman–Crippen LogP) is 5.65. The summed E-state index contributed by atoms with van der Waals surface area (Å²) in [6.07, 6.45) is 0. The van der Waals surface area contributed by atoms with Crippen LogP contribution >= 0.6 is 35.0 Å². The first kappa shape index (κ1) is 23.8. The van der Waals surface area contributed by atoms with Crippen LogP contribution in [0.3, 0.4) is 0 Å². The number of nitrogens with zero attached hydrogens (tertiary/aromatic N) is 1. The highest BCUT2D eigenvalue weighted by Crippen LogP contribution is 2.37. The van der Waals surface area contributed by atoms with E-state index in [0.29, 0.717) is 32.6 Å². The van der Waals surface area contributed by atoms with Gasteiger partial charge in [0.2, 0.25) is 11.0 Å². The average molecular weight is 493 g/mol. The lowest BCUT2D eigenvalue weighted by atomic mass is 10.1. The second kappa shape index (κ2) is 10.7. The fraction of sp³-hybridized carbons (Fsp3) is 0.182. The van der Waals surface area contributed by atoms with Gasteiger partial charge in [0, 0.05) is 11.3 Å². The molecule has 0 aliphatic carbocycles. The normalized spacial score (nSPS) is 10.6. The first-order chi connectivity index (χ1) is 15.3. The third-order valence-corrected chi connectivity index (χ3v) is 5.78. The highest BCUT2D eigenvalue weighted by atomic mass is 35.5. The number of rotatable bonds is 7. The van der Waals surface area contributed by atoms with E-state index in [4.69, 9.17) is 32.5 Å². The lowest BCUT2D eigenvalue weighted by molar-refractivity contribution is -0.113. The Bertz CT molecular complexity index is 1140. The summed E-state index contributed by atoms with van der Waals surface area (Å²) in [7, 11) is 0. The molecule has 32 heavy (non-hydrogen) atoms. The molecule has 1 heterocycles. The Hall–Kier alpha value is -2.81. The number of ether oxygens (including phenoxy) is 1. The number of thioether (sulfide) groups is 1. The maximum atomic E-state index is 12.8. The number of hydrogen-bond donors (Lipinski definition) is 1. The summed E-state index contributed by atoms with van der Waals surface area (Å²) < 4.78 is 10.1. The van der Waals surface area contributed by atoms with Gasteiger partial charge in [0.25, 0.3) is 0 Å². The first-order valence-corrected chi connectivity index (χ1v) is 11.2. The number of nitrogens with one attached hydrogen (secondary N) is 1. The Kier molecular flexibility index (Phi) is 7.95. The number of anilines is 1. The van der Waals surface area contributed by atoms with Gasteiger partial charge >= 0.3 is 5.97 Å². The van der Waals surface area contributed by atoms with Crippen LogP contribution in [0.2, 0.25) is 10.0 Å². The van der Waals surface area contributed by atoms with Crippen molar-refractivity contribution in [2.75, 3.05) is 17.7 Å². The van der Waals surface area contributed by atoms with Crippen LogP contribution < -0.4 is 5.32 Å². The van der Waals surface area contributed by atoms with Crippen molar-refractivity contribution in [2.45, 2.75) is 13.8 Å². The van der Waals surface area contributed by atoms with E-state index in [1.807, 2.05) is 0 Å². The molecule has 0 spiro atoms. The smallest absolute Gasteiger partial charge is 0.338 e. The molecular weight excluding hydrogens is 475 g/mol. The molecule has 2 aromatic carbocycles. The molecular formula is C22H18Cl2N2O5S. The molecule has 0 bridgehead atoms. The van der Waals surface area contributed by atoms with Crippen LogP contribution in [0.5, 0.6) is 0 Å². The fourth-order valence-corrected chi connectivity index (χ4v) is 4.11. The highest BCUT2D eigenvalue weighted by Gasteiger charge is 2.25. The predicted molar refractivity (Wildman–Crippen MR) is 125 cm³/mol. The van der Waals surface area contributed by atoms with Crippen LogP contribution in [0, 0.1) is 6.92 Å². The van der Waals surface area contributed by atoms with Gasteiger partial charge in [-0.25, -0.2) is 4.79 Å². The van der Waals surface area contributed by atoms with E-state index >= 15 is 0 Å². The lowest BCUT2D eigenvalue weighted by Gasteiger charge is -2.07. The molecule has 0 radical (unpaired) electrons. The molecule has 0 atom stereocenters. The number of aryl methyl sites for hydroxylation is 1. The van der Waals surface area contributed by atoms with Crippen LogP contribution in [-0.4, -0.2) is 34.5 Å². The minimum Gasteiger partial charge on any atom is -0.462 e. The Morgan fingerprint density at radius 3 is 2.38 bits per heavy atom. The van der Waals surface area contributed by atoms with Gasteiger partial charge in [0.15, 0.2) is 0 Å². The number of amides is 1. The van der Waals surface area contributed by atoms with Gasteiger partial charge in [-0.05, 0) is 50.2 Å². The number of carbonyl (C=O) groups excluding carboxylic acids is 3. The van der Waals surface area contributed by atoms with Gasteiger partial charge in [0.1, 0.15) is 11.5 Å². The topological polar surface area (TPSA) is 98.5 Å². The number of esters is 1. The zero-order chi connectivity index (χ0) is 23.3. The Labute approximate surface area is 198 Å². The summed E-state index contributed by atoms with van der Waals surface area (Å²) >= 11 is 13.3. The second-order valence-electron chi connectivity index (χ2n) is 6.48. The molecule has 3 aromatic rings. The van der Waals surface area contributed by atoms with Crippen LogP contribution in [-0.2, 0) is 9.53 Å². The van der Waals surface area contributed by atoms with Crippen molar-refractivity contribution < 1.29 is 23.6 Å². The van der Waals surface area contributed by atoms with E-state index in [9.17, 15) is 14.4 Å². The quantitative estimate of drug-likeness (QED) is 0.425. The van der Waals surface area contributed by atoms with E-state index in [1.54, 1.807) is 56.3 Å². The minimum atomic E-state index is -0.440. The number of carbonyl (C=O) groups is 3. The van der Waals surface area contributed by atoms with E-state index in [-0.39, 0.29) is 23.6 Å². The van der Waals surface area contributed by atoms with E-state index in [2.05, 4.69) is 10.5 Å². The molecule has 3 rings (SSSR count). The first-order valence-electron chi connectivity index (χ1n) is 9.46. The molecule has 166 valence electrons. The minimum absolute atomic E-state index is 0.140. The number of benzene rings is 2. The third kappa shape index (κ3) is 5.51. The molecule has 1 amide bonds. The molecule has 7 nitrogen and oxygen atoms in total. The maximum Gasteiger partial charge on any atom is 0.338 e. The van der Waals surface area contributed by atoms with Crippen molar-refractivity contribution in [3.63, 3.8) is 0 Å². The summed E-state index contributed by atoms with van der Waals surface area (Å²) in [4.78, 5) is 36.8. The largest absolute Gasteiger partial charge is 0.462 e. The monoisotopic (exact) mass is 492 g/mol. The van der Waals surface area contributed by atoms with Gasteiger partial charge in [-0.15, -0.1) is 0 Å². The van der Waals surface area contributed by atoms with Gasteiger partial charge in [0.05, 0.1) is 33.5 Å². The summed E-state index contributed by atoms with van der Waals surface area (Å²) in [5.74, 6) is -0.675. The Morgan fingerprint density at radius 2 is 1.75 bits per heavy atom. The molecule has 1 N–H and O–H groups in total. The van der Waals surface area contributed by atoms with Crippen molar-refractivity contribution in [2.24, 2.45) is 0 Å². The molecule has 0 aliphatic heterocycles. The van der Waals surface area contributed by atoms with Gasteiger partial charge in [-0.1, -0.05) is 46.2 Å². The van der Waals surface area contributed by atoms with E-state index in [1.165, 1.54) is 0 Å². The third-order valence-electron chi connectivity index (χ3n) is 4.28. The SMILES string of the molecule is CCOC(=O)c1ccc(NC(=O)CSC(=O)c2c(-c3c(Cl)cccc3Cl)noc2C)cc1. The van der Waals surface area contributed by atoms with Crippen molar-refractivity contribution in [1.82, 2.24) is 5.16 Å². The second-order valence-corrected chi connectivity index (χ2v) is 8.24. The van der Waals surface area contributed by atoms with Gasteiger partial charge in [-0.2, -0.15) is 0 Å². The van der Waals surface area contributed by atoms with Gasteiger partial charge in [-0.3, -0.25) is 9.59 Å². The van der Waals surface area contributed by atoms with Crippen LogP contribution in [0.15, 0.2) is 47.0 Å². The summed E-state index contributed by atoms with van der Waals surface area (Å²) in [6.45, 7) is 3.59. The Morgan fingerprint density at radius 1 is 1.09 bits per heavy atom. The van der Waals surface area contributed by atoms with E-state index < -0.39 is 17.0 Å².